The van der Waals surface area contributed by atoms with Crippen molar-refractivity contribution < 1.29 is 0 Å². The number of aromatic nitrogens is 2. The van der Waals surface area contributed by atoms with Crippen LogP contribution >= 0.6 is 68.0 Å². The van der Waals surface area contributed by atoms with Gasteiger partial charge in [-0.05, 0) is 127 Å². The summed E-state index contributed by atoms with van der Waals surface area (Å²) in [5, 5.41) is 16.9. The highest BCUT2D eigenvalue weighted by molar-refractivity contribution is 7.30. The van der Waals surface area contributed by atoms with Crippen molar-refractivity contribution in [3.05, 3.63) is 96.0 Å². The first-order valence-corrected chi connectivity index (χ1v) is 18.3. The second-order valence-corrected chi connectivity index (χ2v) is 16.5. The Labute approximate surface area is 263 Å². The Balaban J connectivity index is 0.985. The van der Waals surface area contributed by atoms with Gasteiger partial charge in [0.2, 0.25) is 0 Å². The van der Waals surface area contributed by atoms with E-state index in [4.69, 9.17) is 9.97 Å². The molecule has 10 rings (SSSR count). The van der Waals surface area contributed by atoms with E-state index < -0.39 is 0 Å². The topological polar surface area (TPSA) is 25.8 Å². The van der Waals surface area contributed by atoms with E-state index in [-0.39, 0.29) is 0 Å². The third-order valence-electron chi connectivity index (χ3n) is 7.77. The van der Waals surface area contributed by atoms with E-state index in [1.165, 1.54) is 81.4 Å². The lowest BCUT2D eigenvalue weighted by Crippen LogP contribution is -1.72. The lowest BCUT2D eigenvalue weighted by atomic mass is 10.1. The third-order valence-corrected chi connectivity index (χ3v) is 14.3. The molecule has 0 aliphatic carbocycles. The minimum absolute atomic E-state index is 1.07. The summed E-state index contributed by atoms with van der Waals surface area (Å²) < 4.78 is 5.30. The van der Waals surface area contributed by atoms with Gasteiger partial charge in [-0.2, -0.15) is 0 Å². The molecule has 198 valence electrons. The van der Waals surface area contributed by atoms with Gasteiger partial charge >= 0.3 is 0 Å². The van der Waals surface area contributed by atoms with Crippen molar-refractivity contribution in [1.29, 1.82) is 0 Å². The zero-order valence-electron chi connectivity index (χ0n) is 21.6. The van der Waals surface area contributed by atoms with Gasteiger partial charge in [0, 0.05) is 31.2 Å². The molecule has 10 aromatic rings. The summed E-state index contributed by atoms with van der Waals surface area (Å²) in [6.45, 7) is 0. The Morgan fingerprint density at radius 1 is 0.357 bits per heavy atom. The Bertz CT molecular complexity index is 2340. The third kappa shape index (κ3) is 3.77. The van der Waals surface area contributed by atoms with Crippen LogP contribution in [0.2, 0.25) is 0 Å². The summed E-state index contributed by atoms with van der Waals surface area (Å²) >= 11 is 10.8. The van der Waals surface area contributed by atoms with Crippen LogP contribution in [0.15, 0.2) is 96.0 Å². The van der Waals surface area contributed by atoms with Crippen molar-refractivity contribution in [3.8, 4) is 29.5 Å². The first-order valence-electron chi connectivity index (χ1n) is 13.3. The summed E-state index contributed by atoms with van der Waals surface area (Å²) in [7, 11) is 0. The molecule has 6 heterocycles. The Morgan fingerprint density at radius 3 is 1.26 bits per heavy atom. The highest BCUT2D eigenvalue weighted by Gasteiger charge is 2.15. The van der Waals surface area contributed by atoms with Crippen molar-refractivity contribution in [2.75, 3.05) is 0 Å². The van der Waals surface area contributed by atoms with Crippen LogP contribution in [0, 0.1) is 0 Å². The molecule has 0 saturated carbocycles. The van der Waals surface area contributed by atoms with E-state index in [1.54, 1.807) is 45.3 Å². The number of rotatable bonds is 3. The average molecular weight is 645 g/mol. The molecule has 0 aliphatic heterocycles. The molecular weight excluding hydrogens is 629 g/mol. The Kier molecular flexibility index (Phi) is 5.14. The zero-order chi connectivity index (χ0) is 27.4. The molecule has 0 amide bonds. The summed E-state index contributed by atoms with van der Waals surface area (Å²) in [6.07, 6.45) is 4.02. The van der Waals surface area contributed by atoms with E-state index in [2.05, 4.69) is 83.6 Å². The zero-order valence-corrected chi connectivity index (χ0v) is 26.5. The monoisotopic (exact) mass is 644 g/mol. The fourth-order valence-corrected chi connectivity index (χ4v) is 11.5. The average Bonchev–Trinajstić information content (AvgIpc) is 3.83. The number of thiazole rings is 2. The largest absolute Gasteiger partial charge is 0.243 e. The second kappa shape index (κ2) is 9.00. The van der Waals surface area contributed by atoms with E-state index in [0.29, 0.717) is 0 Å². The molecule has 2 nitrogen and oxygen atoms in total. The minimum Gasteiger partial charge on any atom is -0.243 e. The fourth-order valence-electron chi connectivity index (χ4n) is 5.71. The standard InChI is InChI=1S/C34H16N2S6/c1-3-37-25-9-21-7-23-13-29(39-27(23)11-19(21)5-17(1)25)33-35-15-31(41-33)32-16-36-34(42-32)30-14-24-8-22-10-26-18(2-4-38-26)6-20(22)12-28(24)40-30/h1-16H. The van der Waals surface area contributed by atoms with Crippen LogP contribution in [-0.2, 0) is 0 Å². The normalized spacial score (nSPS) is 12.3. The van der Waals surface area contributed by atoms with Crippen LogP contribution in [0.4, 0.5) is 0 Å². The highest BCUT2D eigenvalue weighted by atomic mass is 32.1. The van der Waals surface area contributed by atoms with Crippen molar-refractivity contribution in [1.82, 2.24) is 9.97 Å². The van der Waals surface area contributed by atoms with Gasteiger partial charge in [0.25, 0.3) is 0 Å². The van der Waals surface area contributed by atoms with Gasteiger partial charge in [-0.1, -0.05) is 0 Å². The van der Waals surface area contributed by atoms with E-state index in [9.17, 15) is 0 Å². The molecule has 8 heteroatoms. The van der Waals surface area contributed by atoms with E-state index >= 15 is 0 Å². The van der Waals surface area contributed by atoms with Crippen LogP contribution in [-0.4, -0.2) is 9.97 Å². The van der Waals surface area contributed by atoms with Crippen LogP contribution in [0.5, 0.6) is 0 Å². The number of thiophene rings is 4. The number of hydrogen-bond acceptors (Lipinski definition) is 8. The number of hydrogen-bond donors (Lipinski definition) is 0. The van der Waals surface area contributed by atoms with Gasteiger partial charge < -0.3 is 0 Å². The molecule has 0 spiro atoms. The quantitative estimate of drug-likeness (QED) is 0.191. The van der Waals surface area contributed by atoms with Gasteiger partial charge in [0.15, 0.2) is 0 Å². The van der Waals surface area contributed by atoms with Crippen molar-refractivity contribution in [2.24, 2.45) is 0 Å². The van der Waals surface area contributed by atoms with Crippen molar-refractivity contribution >= 4 is 130 Å². The van der Waals surface area contributed by atoms with Crippen LogP contribution in [0.25, 0.3) is 91.4 Å². The molecule has 0 bridgehead atoms. The molecule has 0 unspecified atom stereocenters. The smallest absolute Gasteiger partial charge is 0.133 e. The summed E-state index contributed by atoms with van der Waals surface area (Å²) in [5.74, 6) is 0. The van der Waals surface area contributed by atoms with E-state index in [0.717, 1.165) is 10.0 Å². The first-order chi connectivity index (χ1) is 20.7. The maximum absolute atomic E-state index is 4.84. The lowest BCUT2D eigenvalue weighted by molar-refractivity contribution is 1.42. The van der Waals surface area contributed by atoms with Crippen molar-refractivity contribution in [2.45, 2.75) is 0 Å². The SMILES string of the molecule is c1cc2cc3cc4sc(-c5ncc(-c6cnc(-c7cc8cc9cc%10sccc%10cc9cc8s7)s6)s5)cc4cc3cc2s1. The molecule has 0 radical (unpaired) electrons. The predicted molar refractivity (Wildman–Crippen MR) is 191 cm³/mol. The summed E-state index contributed by atoms with van der Waals surface area (Å²) in [5.41, 5.74) is 0. The molecule has 6 aromatic heterocycles. The first kappa shape index (κ1) is 24.0. The van der Waals surface area contributed by atoms with Gasteiger partial charge in [0.1, 0.15) is 10.0 Å². The molecule has 0 saturated heterocycles. The van der Waals surface area contributed by atoms with Gasteiger partial charge in [-0.25, -0.2) is 9.97 Å². The van der Waals surface area contributed by atoms with Crippen LogP contribution in [0.3, 0.4) is 0 Å². The Hall–Kier alpha value is -3.50. The van der Waals surface area contributed by atoms with Crippen LogP contribution in [0.1, 0.15) is 0 Å². The number of benzene rings is 4. The second-order valence-electron chi connectivity index (χ2n) is 10.4. The molecule has 0 fully saturated rings. The molecule has 42 heavy (non-hydrogen) atoms. The highest BCUT2D eigenvalue weighted by Crippen LogP contribution is 2.44. The lowest BCUT2D eigenvalue weighted by Gasteiger charge is -1.99. The molecule has 0 aliphatic rings. The summed E-state index contributed by atoms with van der Waals surface area (Å²) in [4.78, 5) is 14.5. The van der Waals surface area contributed by atoms with E-state index in [1.807, 2.05) is 35.1 Å². The Morgan fingerprint density at radius 2 is 0.786 bits per heavy atom. The molecular formula is C34H16N2S6. The minimum atomic E-state index is 1.07. The maximum Gasteiger partial charge on any atom is 0.133 e. The van der Waals surface area contributed by atoms with Gasteiger partial charge in [-0.3, -0.25) is 0 Å². The summed E-state index contributed by atoms with van der Waals surface area (Å²) in [6, 6.07) is 27.6. The number of fused-ring (bicyclic) bond motifs is 6. The predicted octanol–water partition coefficient (Wildman–Crippen LogP) is 12.8. The van der Waals surface area contributed by atoms with Crippen molar-refractivity contribution in [3.63, 3.8) is 0 Å². The van der Waals surface area contributed by atoms with Gasteiger partial charge in [0.05, 0.1) is 19.5 Å². The molecule has 0 N–H and O–H groups in total. The number of nitrogens with zero attached hydrogens (tertiary/aromatic N) is 2. The molecule has 4 aromatic carbocycles. The van der Waals surface area contributed by atoms with Crippen LogP contribution < -0.4 is 0 Å². The maximum atomic E-state index is 4.84. The fraction of sp³-hybridized carbons (Fsp3) is 0. The molecule has 0 atom stereocenters. The van der Waals surface area contributed by atoms with Gasteiger partial charge in [-0.15, -0.1) is 68.0 Å².